The molecule has 0 unspecified atom stereocenters. The molecule has 3 heterocycles. The minimum Gasteiger partial charge on any atom is -0.367 e. The number of halogens is 2. The van der Waals surface area contributed by atoms with Gasteiger partial charge in [0.05, 0.1) is 17.6 Å². The van der Waals surface area contributed by atoms with E-state index in [9.17, 15) is 8.78 Å². The van der Waals surface area contributed by atoms with Crippen molar-refractivity contribution in [1.82, 2.24) is 19.6 Å². The quantitative estimate of drug-likeness (QED) is 0.750. The summed E-state index contributed by atoms with van der Waals surface area (Å²) in [5, 5.41) is 3.97. The van der Waals surface area contributed by atoms with Crippen LogP contribution >= 0.6 is 0 Å². The molecule has 5 nitrogen and oxygen atoms in total. The summed E-state index contributed by atoms with van der Waals surface area (Å²) in [5.74, 6) is -0.943. The minimum atomic E-state index is -0.504. The molecule has 7 heteroatoms. The van der Waals surface area contributed by atoms with E-state index in [1.165, 1.54) is 29.0 Å². The maximum Gasteiger partial charge on any atom is 0.238 e. The van der Waals surface area contributed by atoms with Crippen LogP contribution in [0.15, 0.2) is 24.5 Å². The van der Waals surface area contributed by atoms with Gasteiger partial charge in [0.1, 0.15) is 11.3 Å². The molecular formula is C15H15F2N5. The van der Waals surface area contributed by atoms with Gasteiger partial charge in [-0.1, -0.05) is 20.8 Å². The van der Waals surface area contributed by atoms with Gasteiger partial charge in [-0.15, -0.1) is 5.10 Å². The fraction of sp³-hybridized carbons (Fsp3) is 0.267. The second kappa shape index (κ2) is 4.72. The summed E-state index contributed by atoms with van der Waals surface area (Å²) in [5.41, 5.74) is 6.43. The van der Waals surface area contributed by atoms with Gasteiger partial charge in [0.25, 0.3) is 0 Å². The molecule has 0 atom stereocenters. The summed E-state index contributed by atoms with van der Waals surface area (Å²) in [6.45, 7) is 5.62. The van der Waals surface area contributed by atoms with Gasteiger partial charge in [-0.05, 0) is 6.07 Å². The number of aromatic nitrogens is 4. The molecule has 0 fully saturated rings. The van der Waals surface area contributed by atoms with Crippen LogP contribution in [0.5, 0.6) is 0 Å². The number of rotatable bonds is 1. The predicted molar refractivity (Wildman–Crippen MR) is 79.2 cm³/mol. The van der Waals surface area contributed by atoms with Gasteiger partial charge in [0.15, 0.2) is 5.82 Å². The first-order valence-corrected chi connectivity index (χ1v) is 6.73. The average molecular weight is 303 g/mol. The predicted octanol–water partition coefficient (Wildman–Crippen LogP) is 2.95. The Kier molecular flexibility index (Phi) is 3.09. The maximum absolute atomic E-state index is 14.3. The molecule has 0 amide bonds. The number of anilines is 1. The Morgan fingerprint density at radius 1 is 1.05 bits per heavy atom. The van der Waals surface area contributed by atoms with Crippen LogP contribution in [0.25, 0.3) is 16.8 Å². The van der Waals surface area contributed by atoms with Crippen LogP contribution in [-0.2, 0) is 5.41 Å². The van der Waals surface area contributed by atoms with E-state index < -0.39 is 17.0 Å². The smallest absolute Gasteiger partial charge is 0.238 e. The third-order valence-corrected chi connectivity index (χ3v) is 3.33. The van der Waals surface area contributed by atoms with E-state index in [-0.39, 0.29) is 11.5 Å². The van der Waals surface area contributed by atoms with E-state index in [0.29, 0.717) is 17.0 Å². The second-order valence-corrected chi connectivity index (χ2v) is 6.10. The van der Waals surface area contributed by atoms with Crippen molar-refractivity contribution in [2.24, 2.45) is 0 Å². The van der Waals surface area contributed by atoms with E-state index in [1.807, 2.05) is 20.8 Å². The van der Waals surface area contributed by atoms with Crippen LogP contribution < -0.4 is 5.73 Å². The highest BCUT2D eigenvalue weighted by Gasteiger charge is 2.21. The van der Waals surface area contributed by atoms with Gasteiger partial charge in [-0.2, -0.15) is 0 Å². The summed E-state index contributed by atoms with van der Waals surface area (Å²) < 4.78 is 29.5. The van der Waals surface area contributed by atoms with Crippen LogP contribution in [0.3, 0.4) is 0 Å². The molecule has 0 saturated heterocycles. The zero-order valence-corrected chi connectivity index (χ0v) is 12.4. The minimum absolute atomic E-state index is 0.00379. The lowest BCUT2D eigenvalue weighted by Gasteiger charge is -2.18. The SMILES string of the molecule is CC(C)(C)c1ncc(-c2cc(F)c3cnc(N)nn23)cc1F. The highest BCUT2D eigenvalue weighted by Crippen LogP contribution is 2.28. The molecule has 114 valence electrons. The normalized spacial score (nSPS) is 12.0. The number of nitrogen functional groups attached to an aromatic ring is 1. The van der Waals surface area contributed by atoms with Gasteiger partial charge < -0.3 is 5.73 Å². The Balaban J connectivity index is 2.20. The molecule has 0 radical (unpaired) electrons. The number of nitrogens with two attached hydrogens (primary N) is 1. The van der Waals surface area contributed by atoms with Crippen molar-refractivity contribution in [1.29, 1.82) is 0 Å². The highest BCUT2D eigenvalue weighted by molar-refractivity contribution is 5.66. The first-order chi connectivity index (χ1) is 10.3. The topological polar surface area (TPSA) is 69.1 Å². The highest BCUT2D eigenvalue weighted by atomic mass is 19.1. The Morgan fingerprint density at radius 3 is 2.41 bits per heavy atom. The molecule has 0 aliphatic carbocycles. The van der Waals surface area contributed by atoms with E-state index in [0.717, 1.165) is 0 Å². The van der Waals surface area contributed by atoms with Crippen LogP contribution in [0.1, 0.15) is 26.5 Å². The maximum atomic E-state index is 14.3. The van der Waals surface area contributed by atoms with E-state index in [1.54, 1.807) is 0 Å². The molecule has 3 rings (SSSR count). The van der Waals surface area contributed by atoms with E-state index in [2.05, 4.69) is 15.1 Å². The monoisotopic (exact) mass is 303 g/mol. The molecular weight excluding hydrogens is 288 g/mol. The van der Waals surface area contributed by atoms with E-state index >= 15 is 0 Å². The lowest BCUT2D eigenvalue weighted by molar-refractivity contribution is 0.503. The first kappa shape index (κ1) is 14.4. The van der Waals surface area contributed by atoms with Crippen molar-refractivity contribution in [2.45, 2.75) is 26.2 Å². The van der Waals surface area contributed by atoms with Crippen LogP contribution in [0, 0.1) is 11.6 Å². The fourth-order valence-electron chi connectivity index (χ4n) is 2.30. The molecule has 2 N–H and O–H groups in total. The number of nitrogens with zero attached hydrogens (tertiary/aromatic N) is 4. The molecule has 0 bridgehead atoms. The molecule has 0 aromatic carbocycles. The zero-order valence-electron chi connectivity index (χ0n) is 12.4. The average Bonchev–Trinajstić information content (AvgIpc) is 2.74. The molecule has 0 spiro atoms. The van der Waals surface area contributed by atoms with Gasteiger partial charge in [0, 0.05) is 23.2 Å². The van der Waals surface area contributed by atoms with Gasteiger partial charge in [-0.3, -0.25) is 4.98 Å². The number of fused-ring (bicyclic) bond motifs is 1. The summed E-state index contributed by atoms with van der Waals surface area (Å²) in [6, 6.07) is 2.59. The Hall–Kier alpha value is -2.57. The van der Waals surface area contributed by atoms with Gasteiger partial charge in [-0.25, -0.2) is 18.3 Å². The van der Waals surface area contributed by atoms with Crippen molar-refractivity contribution in [3.63, 3.8) is 0 Å². The van der Waals surface area contributed by atoms with Crippen LogP contribution in [0.4, 0.5) is 14.7 Å². The first-order valence-electron chi connectivity index (χ1n) is 6.73. The molecule has 0 aliphatic rings. The third kappa shape index (κ3) is 2.28. The number of hydrogen-bond acceptors (Lipinski definition) is 4. The summed E-state index contributed by atoms with van der Waals surface area (Å²) >= 11 is 0. The summed E-state index contributed by atoms with van der Waals surface area (Å²) in [4.78, 5) is 7.93. The lowest BCUT2D eigenvalue weighted by Crippen LogP contribution is -2.16. The van der Waals surface area contributed by atoms with Crippen LogP contribution in [-0.4, -0.2) is 19.6 Å². The van der Waals surface area contributed by atoms with Crippen molar-refractivity contribution in [2.75, 3.05) is 5.73 Å². The van der Waals surface area contributed by atoms with E-state index in [4.69, 9.17) is 5.73 Å². The summed E-state index contributed by atoms with van der Waals surface area (Å²) in [6.07, 6.45) is 2.79. The van der Waals surface area contributed by atoms with Crippen LogP contribution in [0.2, 0.25) is 0 Å². The standard InChI is InChI=1S/C15H15F2N5/c1-15(2,3)13-10(17)4-8(6-19-13)11-5-9(16)12-7-20-14(18)21-22(11)12/h4-7H,1-3H3,(H2,18,21). The van der Waals surface area contributed by atoms with Gasteiger partial charge >= 0.3 is 0 Å². The van der Waals surface area contributed by atoms with Crippen molar-refractivity contribution in [3.8, 4) is 11.3 Å². The zero-order chi connectivity index (χ0) is 16.1. The van der Waals surface area contributed by atoms with Crippen molar-refractivity contribution >= 4 is 11.5 Å². The summed E-state index contributed by atoms with van der Waals surface area (Å²) in [7, 11) is 0. The molecule has 3 aromatic heterocycles. The molecule has 22 heavy (non-hydrogen) atoms. The molecule has 0 saturated carbocycles. The fourth-order valence-corrected chi connectivity index (χ4v) is 2.30. The molecule has 3 aromatic rings. The Morgan fingerprint density at radius 2 is 1.77 bits per heavy atom. The second-order valence-electron chi connectivity index (χ2n) is 6.10. The molecule has 0 aliphatic heterocycles. The van der Waals surface area contributed by atoms with Gasteiger partial charge in [0.2, 0.25) is 5.95 Å². The lowest BCUT2D eigenvalue weighted by atomic mass is 9.91. The largest absolute Gasteiger partial charge is 0.367 e. The Labute approximate surface area is 125 Å². The van der Waals surface area contributed by atoms with Crippen molar-refractivity contribution < 1.29 is 8.78 Å². The number of pyridine rings is 1. The van der Waals surface area contributed by atoms with Crippen molar-refractivity contribution in [3.05, 3.63) is 41.9 Å². The Bertz CT molecular complexity index is 864. The number of hydrogen-bond donors (Lipinski definition) is 1. The third-order valence-electron chi connectivity index (χ3n) is 3.33.